The molecule has 1 atom stereocenters. The van der Waals surface area contributed by atoms with E-state index in [1.807, 2.05) is 13.0 Å². The maximum absolute atomic E-state index is 11.3. The number of aliphatic hydroxyl groups excluding tert-OH is 1. The van der Waals surface area contributed by atoms with Gasteiger partial charge in [0.25, 0.3) is 0 Å². The van der Waals surface area contributed by atoms with Crippen LogP contribution in [0.4, 0.5) is 5.69 Å². The van der Waals surface area contributed by atoms with Crippen LogP contribution in [0.2, 0.25) is 0 Å². The van der Waals surface area contributed by atoms with Gasteiger partial charge in [0.05, 0.1) is 6.10 Å². The number of nitrogens with one attached hydrogen (secondary N) is 1. The molecule has 80 valence electrons. The van der Waals surface area contributed by atoms with Crippen molar-refractivity contribution in [3.05, 3.63) is 28.8 Å². The topological polar surface area (TPSA) is 49.3 Å². The molecule has 0 saturated carbocycles. The van der Waals surface area contributed by atoms with Crippen LogP contribution in [0.1, 0.15) is 36.1 Å². The van der Waals surface area contributed by atoms with Crippen molar-refractivity contribution in [2.24, 2.45) is 0 Å². The second-order valence-corrected chi connectivity index (χ2v) is 4.11. The number of carbonyl (C=O) groups excluding carboxylic acids is 1. The van der Waals surface area contributed by atoms with Crippen molar-refractivity contribution in [3.8, 4) is 0 Å². The van der Waals surface area contributed by atoms with Crippen LogP contribution in [0.3, 0.4) is 0 Å². The monoisotopic (exact) mass is 205 g/mol. The smallest absolute Gasteiger partial charge is 0.224 e. The number of rotatable bonds is 1. The van der Waals surface area contributed by atoms with Gasteiger partial charge in [0.1, 0.15) is 0 Å². The Morgan fingerprint density at radius 3 is 2.80 bits per heavy atom. The number of aryl methyl sites for hydroxylation is 2. The third kappa shape index (κ3) is 1.88. The number of aliphatic hydroxyl groups is 1. The SMILES string of the molecule is Cc1cc2c(c(C(C)O)c1)NC(=O)CC2. The summed E-state index contributed by atoms with van der Waals surface area (Å²) in [6.07, 6.45) is 0.759. The lowest BCUT2D eigenvalue weighted by Gasteiger charge is -2.22. The minimum Gasteiger partial charge on any atom is -0.389 e. The van der Waals surface area contributed by atoms with Gasteiger partial charge >= 0.3 is 0 Å². The summed E-state index contributed by atoms with van der Waals surface area (Å²) < 4.78 is 0. The first kappa shape index (κ1) is 10.2. The highest BCUT2D eigenvalue weighted by molar-refractivity contribution is 5.95. The summed E-state index contributed by atoms with van der Waals surface area (Å²) in [5, 5.41) is 12.5. The molecular formula is C12H15NO2. The van der Waals surface area contributed by atoms with Gasteiger partial charge in [-0.3, -0.25) is 4.79 Å². The lowest BCUT2D eigenvalue weighted by Crippen LogP contribution is -2.21. The predicted octanol–water partition coefficient (Wildman–Crippen LogP) is 1.93. The Labute approximate surface area is 89.1 Å². The molecule has 1 aromatic rings. The maximum Gasteiger partial charge on any atom is 0.224 e. The fourth-order valence-corrected chi connectivity index (χ4v) is 2.02. The van der Waals surface area contributed by atoms with Gasteiger partial charge < -0.3 is 10.4 Å². The fourth-order valence-electron chi connectivity index (χ4n) is 2.02. The standard InChI is InChI=1S/C12H15NO2/c1-7-5-9-3-4-11(15)13-12(9)10(6-7)8(2)14/h5-6,8,14H,3-4H2,1-2H3,(H,13,15). The van der Waals surface area contributed by atoms with Crippen LogP contribution in [-0.2, 0) is 11.2 Å². The Balaban J connectivity index is 2.55. The van der Waals surface area contributed by atoms with Crippen molar-refractivity contribution in [3.63, 3.8) is 0 Å². The van der Waals surface area contributed by atoms with Crippen molar-refractivity contribution in [2.75, 3.05) is 5.32 Å². The molecule has 3 nitrogen and oxygen atoms in total. The summed E-state index contributed by atoms with van der Waals surface area (Å²) in [6.45, 7) is 3.72. The third-order valence-electron chi connectivity index (χ3n) is 2.73. The molecule has 1 unspecified atom stereocenters. The van der Waals surface area contributed by atoms with E-state index < -0.39 is 6.10 Å². The summed E-state index contributed by atoms with van der Waals surface area (Å²) in [5.41, 5.74) is 3.89. The van der Waals surface area contributed by atoms with Crippen LogP contribution < -0.4 is 5.32 Å². The van der Waals surface area contributed by atoms with Gasteiger partial charge in [0.2, 0.25) is 5.91 Å². The van der Waals surface area contributed by atoms with Crippen LogP contribution >= 0.6 is 0 Å². The van der Waals surface area contributed by atoms with Gasteiger partial charge in [-0.25, -0.2) is 0 Å². The fraction of sp³-hybridized carbons (Fsp3) is 0.417. The van der Waals surface area contributed by atoms with Gasteiger partial charge in [-0.15, -0.1) is 0 Å². The molecule has 0 aromatic heterocycles. The Kier molecular flexibility index (Phi) is 2.49. The summed E-state index contributed by atoms with van der Waals surface area (Å²) in [7, 11) is 0. The van der Waals surface area contributed by atoms with E-state index in [1.54, 1.807) is 6.92 Å². The van der Waals surface area contributed by atoms with E-state index in [0.29, 0.717) is 6.42 Å². The lowest BCUT2D eigenvalue weighted by molar-refractivity contribution is -0.116. The van der Waals surface area contributed by atoms with E-state index >= 15 is 0 Å². The number of hydrogen-bond donors (Lipinski definition) is 2. The third-order valence-corrected chi connectivity index (χ3v) is 2.73. The molecule has 15 heavy (non-hydrogen) atoms. The first-order valence-electron chi connectivity index (χ1n) is 5.19. The van der Waals surface area contributed by atoms with E-state index in [2.05, 4.69) is 11.4 Å². The first-order chi connectivity index (χ1) is 7.08. The van der Waals surface area contributed by atoms with Gasteiger partial charge in [-0.05, 0) is 25.8 Å². The van der Waals surface area contributed by atoms with Crippen molar-refractivity contribution >= 4 is 11.6 Å². The van der Waals surface area contributed by atoms with E-state index in [0.717, 1.165) is 28.8 Å². The van der Waals surface area contributed by atoms with Gasteiger partial charge in [-0.2, -0.15) is 0 Å². The number of fused-ring (bicyclic) bond motifs is 1. The molecule has 0 aliphatic carbocycles. The number of benzene rings is 1. The second-order valence-electron chi connectivity index (χ2n) is 4.11. The summed E-state index contributed by atoms with van der Waals surface area (Å²) in [4.78, 5) is 11.3. The summed E-state index contributed by atoms with van der Waals surface area (Å²) >= 11 is 0. The molecular weight excluding hydrogens is 190 g/mol. The van der Waals surface area contributed by atoms with Crippen LogP contribution in [0, 0.1) is 6.92 Å². The lowest BCUT2D eigenvalue weighted by atomic mass is 9.94. The molecule has 1 heterocycles. The molecule has 0 saturated heterocycles. The summed E-state index contributed by atoms with van der Waals surface area (Å²) in [6, 6.07) is 4.00. The van der Waals surface area contributed by atoms with E-state index in [9.17, 15) is 9.90 Å². The Morgan fingerprint density at radius 1 is 1.40 bits per heavy atom. The van der Waals surface area contributed by atoms with E-state index in [4.69, 9.17) is 0 Å². The van der Waals surface area contributed by atoms with Gasteiger partial charge in [-0.1, -0.05) is 17.7 Å². The average Bonchev–Trinajstić information content (AvgIpc) is 2.17. The van der Waals surface area contributed by atoms with Crippen LogP contribution in [-0.4, -0.2) is 11.0 Å². The highest BCUT2D eigenvalue weighted by Crippen LogP contribution is 2.31. The second kappa shape index (κ2) is 3.66. The summed E-state index contributed by atoms with van der Waals surface area (Å²) in [5.74, 6) is 0.0354. The van der Waals surface area contributed by atoms with E-state index in [1.165, 1.54) is 0 Å². The Hall–Kier alpha value is -1.35. The average molecular weight is 205 g/mol. The Morgan fingerprint density at radius 2 is 2.13 bits per heavy atom. The van der Waals surface area contributed by atoms with E-state index in [-0.39, 0.29) is 5.91 Å². The molecule has 1 aliphatic heterocycles. The molecule has 1 aliphatic rings. The zero-order chi connectivity index (χ0) is 11.0. The highest BCUT2D eigenvalue weighted by atomic mass is 16.3. The van der Waals surface area contributed by atoms with Crippen molar-refractivity contribution in [2.45, 2.75) is 32.8 Å². The number of anilines is 1. The quantitative estimate of drug-likeness (QED) is 0.736. The van der Waals surface area contributed by atoms with Crippen LogP contribution in [0.25, 0.3) is 0 Å². The number of amides is 1. The minimum atomic E-state index is -0.544. The molecule has 0 spiro atoms. The molecule has 1 aromatic carbocycles. The van der Waals surface area contributed by atoms with Crippen molar-refractivity contribution in [1.82, 2.24) is 0 Å². The maximum atomic E-state index is 11.3. The van der Waals surface area contributed by atoms with Crippen molar-refractivity contribution in [1.29, 1.82) is 0 Å². The minimum absolute atomic E-state index is 0.0354. The van der Waals surface area contributed by atoms with Crippen molar-refractivity contribution < 1.29 is 9.90 Å². The molecule has 0 fully saturated rings. The number of hydrogen-bond acceptors (Lipinski definition) is 2. The highest BCUT2D eigenvalue weighted by Gasteiger charge is 2.20. The Bertz CT molecular complexity index is 410. The predicted molar refractivity (Wildman–Crippen MR) is 58.8 cm³/mol. The zero-order valence-electron chi connectivity index (χ0n) is 9.00. The van der Waals surface area contributed by atoms with Gasteiger partial charge in [0.15, 0.2) is 0 Å². The largest absolute Gasteiger partial charge is 0.389 e. The zero-order valence-corrected chi connectivity index (χ0v) is 9.00. The first-order valence-corrected chi connectivity index (χ1v) is 5.19. The van der Waals surface area contributed by atoms with Crippen LogP contribution in [0.15, 0.2) is 12.1 Å². The molecule has 3 heteroatoms. The molecule has 2 rings (SSSR count). The van der Waals surface area contributed by atoms with Crippen LogP contribution in [0.5, 0.6) is 0 Å². The molecule has 0 bridgehead atoms. The molecule has 1 amide bonds. The van der Waals surface area contributed by atoms with Gasteiger partial charge in [0, 0.05) is 17.7 Å². The normalized spacial score (nSPS) is 16.9. The number of carbonyl (C=O) groups is 1. The molecule has 2 N–H and O–H groups in total. The molecule has 0 radical (unpaired) electrons.